The molecule has 0 aromatic heterocycles. The van der Waals surface area contributed by atoms with Gasteiger partial charge in [0.2, 0.25) is 10.0 Å². The second-order valence-corrected chi connectivity index (χ2v) is 7.91. The van der Waals surface area contributed by atoms with Crippen molar-refractivity contribution in [1.29, 1.82) is 0 Å². The molecule has 1 aliphatic heterocycles. The van der Waals surface area contributed by atoms with Gasteiger partial charge in [-0.1, -0.05) is 18.2 Å². The van der Waals surface area contributed by atoms with E-state index in [1.54, 1.807) is 18.2 Å². The predicted octanol–water partition coefficient (Wildman–Crippen LogP) is 0.653. The number of amides is 2. The summed E-state index contributed by atoms with van der Waals surface area (Å²) in [5.74, 6) is -0.693. The molecule has 0 spiro atoms. The quantitative estimate of drug-likeness (QED) is 0.786. The summed E-state index contributed by atoms with van der Waals surface area (Å²) in [4.78, 5) is 25.9. The van der Waals surface area contributed by atoms with Crippen molar-refractivity contribution in [3.8, 4) is 0 Å². The van der Waals surface area contributed by atoms with Gasteiger partial charge >= 0.3 is 12.0 Å². The highest BCUT2D eigenvalue weighted by Crippen LogP contribution is 2.22. The first-order chi connectivity index (χ1) is 11.8. The maximum absolute atomic E-state index is 12.9. The lowest BCUT2D eigenvalue weighted by atomic mass is 10.2. The first-order valence-electron chi connectivity index (χ1n) is 7.97. The molecule has 2 rings (SSSR count). The van der Waals surface area contributed by atoms with Crippen LogP contribution >= 0.6 is 0 Å². The minimum absolute atomic E-state index is 0.0164. The van der Waals surface area contributed by atoms with Gasteiger partial charge in [0.1, 0.15) is 6.04 Å². The number of methoxy groups -OCH3 is 1. The highest BCUT2D eigenvalue weighted by atomic mass is 32.2. The zero-order valence-electron chi connectivity index (χ0n) is 14.5. The lowest BCUT2D eigenvalue weighted by Gasteiger charge is -2.39. The number of carbonyl (C=O) groups is 2. The van der Waals surface area contributed by atoms with Crippen LogP contribution in [0, 0.1) is 0 Å². The van der Waals surface area contributed by atoms with Crippen molar-refractivity contribution in [1.82, 2.24) is 14.5 Å². The van der Waals surface area contributed by atoms with Gasteiger partial charge in [0.15, 0.2) is 0 Å². The summed E-state index contributed by atoms with van der Waals surface area (Å²) >= 11 is 0. The summed E-state index contributed by atoms with van der Waals surface area (Å²) in [6, 6.07) is 6.42. The van der Waals surface area contributed by atoms with Crippen LogP contribution in [0.5, 0.6) is 0 Å². The largest absolute Gasteiger partial charge is 0.468 e. The molecular formula is C16H23N3O5S. The van der Waals surface area contributed by atoms with Crippen molar-refractivity contribution in [2.24, 2.45) is 0 Å². The number of piperazine rings is 1. The highest BCUT2D eigenvalue weighted by Gasteiger charge is 2.42. The Hall–Kier alpha value is -2.13. The van der Waals surface area contributed by atoms with Crippen LogP contribution in [0.4, 0.5) is 4.79 Å². The minimum atomic E-state index is -3.86. The summed E-state index contributed by atoms with van der Waals surface area (Å²) in [6.07, 6.45) is 0. The summed E-state index contributed by atoms with van der Waals surface area (Å²) in [6.45, 7) is 3.80. The van der Waals surface area contributed by atoms with Crippen molar-refractivity contribution in [3.63, 3.8) is 0 Å². The van der Waals surface area contributed by atoms with Crippen molar-refractivity contribution in [3.05, 3.63) is 30.3 Å². The van der Waals surface area contributed by atoms with Crippen LogP contribution in [0.2, 0.25) is 0 Å². The molecule has 9 heteroatoms. The van der Waals surface area contributed by atoms with Crippen molar-refractivity contribution >= 4 is 22.0 Å². The molecule has 1 saturated heterocycles. The second-order valence-electron chi connectivity index (χ2n) is 6.02. The number of hydrogen-bond donors (Lipinski definition) is 1. The van der Waals surface area contributed by atoms with E-state index >= 15 is 0 Å². The summed E-state index contributed by atoms with van der Waals surface area (Å²) in [7, 11) is -2.67. The molecule has 1 heterocycles. The molecule has 1 unspecified atom stereocenters. The van der Waals surface area contributed by atoms with Crippen LogP contribution < -0.4 is 5.32 Å². The molecular weight excluding hydrogens is 346 g/mol. The first kappa shape index (κ1) is 19.2. The van der Waals surface area contributed by atoms with E-state index in [0.717, 1.165) is 4.31 Å². The van der Waals surface area contributed by atoms with Gasteiger partial charge in [0.05, 0.1) is 12.0 Å². The zero-order valence-corrected chi connectivity index (χ0v) is 15.3. The Labute approximate surface area is 147 Å². The number of ether oxygens (including phenoxy) is 1. The third kappa shape index (κ3) is 4.29. The van der Waals surface area contributed by atoms with Crippen molar-refractivity contribution < 1.29 is 22.7 Å². The molecule has 1 N–H and O–H groups in total. The van der Waals surface area contributed by atoms with Crippen LogP contribution in [0.25, 0.3) is 0 Å². The van der Waals surface area contributed by atoms with Crippen molar-refractivity contribution in [2.75, 3.05) is 26.7 Å². The van der Waals surface area contributed by atoms with E-state index in [-0.39, 0.29) is 36.6 Å². The van der Waals surface area contributed by atoms with E-state index < -0.39 is 22.0 Å². The van der Waals surface area contributed by atoms with Gasteiger partial charge < -0.3 is 15.0 Å². The summed E-state index contributed by atoms with van der Waals surface area (Å²) in [5, 5.41) is 2.74. The summed E-state index contributed by atoms with van der Waals surface area (Å²) < 4.78 is 31.6. The maximum Gasteiger partial charge on any atom is 0.326 e. The summed E-state index contributed by atoms with van der Waals surface area (Å²) in [5.41, 5.74) is 0. The molecule has 0 saturated carbocycles. The lowest BCUT2D eigenvalue weighted by molar-refractivity contribution is -0.146. The molecule has 0 radical (unpaired) electrons. The number of hydrogen-bond acceptors (Lipinski definition) is 5. The molecule has 0 aliphatic carbocycles. The van der Waals surface area contributed by atoms with E-state index in [2.05, 4.69) is 5.32 Å². The number of sulfonamides is 1. The van der Waals surface area contributed by atoms with E-state index in [0.29, 0.717) is 0 Å². The Morgan fingerprint density at radius 1 is 1.20 bits per heavy atom. The smallest absolute Gasteiger partial charge is 0.326 e. The van der Waals surface area contributed by atoms with E-state index in [1.165, 1.54) is 24.1 Å². The average molecular weight is 369 g/mol. The topological polar surface area (TPSA) is 96.0 Å². The van der Waals surface area contributed by atoms with Crippen LogP contribution in [0.15, 0.2) is 35.2 Å². The van der Waals surface area contributed by atoms with Crippen LogP contribution in [-0.2, 0) is 19.6 Å². The molecule has 138 valence electrons. The molecule has 1 aromatic carbocycles. The Kier molecular flexibility index (Phi) is 6.02. The number of rotatable bonds is 4. The maximum atomic E-state index is 12.9. The fraction of sp³-hybridized carbons (Fsp3) is 0.500. The number of nitrogens with zero attached hydrogens (tertiary/aromatic N) is 2. The fourth-order valence-corrected chi connectivity index (χ4v) is 4.21. The Morgan fingerprint density at radius 3 is 2.40 bits per heavy atom. The van der Waals surface area contributed by atoms with Crippen LogP contribution in [0.1, 0.15) is 13.8 Å². The lowest BCUT2D eigenvalue weighted by Crippen LogP contribution is -2.61. The van der Waals surface area contributed by atoms with Gasteiger partial charge in [-0.3, -0.25) is 4.79 Å². The molecule has 1 fully saturated rings. The van der Waals surface area contributed by atoms with E-state index in [9.17, 15) is 18.0 Å². The standard InChI is InChI=1S/C16H23N3O5S/c1-12(2)17-16(21)18-9-10-19(14(11-18)15(20)24-3)25(22,23)13-7-5-4-6-8-13/h4-8,12,14H,9-11H2,1-3H3,(H,17,21). The normalized spacial score (nSPS) is 18.9. The third-order valence-electron chi connectivity index (χ3n) is 3.85. The van der Waals surface area contributed by atoms with Gasteiger partial charge in [-0.05, 0) is 26.0 Å². The van der Waals surface area contributed by atoms with Crippen LogP contribution in [-0.4, -0.2) is 68.5 Å². The highest BCUT2D eigenvalue weighted by molar-refractivity contribution is 7.89. The predicted molar refractivity (Wildman–Crippen MR) is 91.4 cm³/mol. The molecule has 1 aliphatic rings. The fourth-order valence-electron chi connectivity index (χ4n) is 2.63. The molecule has 2 amide bonds. The van der Waals surface area contributed by atoms with E-state index in [4.69, 9.17) is 4.74 Å². The number of nitrogens with one attached hydrogen (secondary N) is 1. The van der Waals surface area contributed by atoms with E-state index in [1.807, 2.05) is 13.8 Å². The number of esters is 1. The second kappa shape index (κ2) is 7.83. The van der Waals surface area contributed by atoms with Crippen molar-refractivity contribution in [2.45, 2.75) is 30.8 Å². The third-order valence-corrected chi connectivity index (χ3v) is 5.78. The molecule has 8 nitrogen and oxygen atoms in total. The molecule has 1 aromatic rings. The van der Waals surface area contributed by atoms with Gasteiger partial charge in [-0.25, -0.2) is 13.2 Å². The molecule has 1 atom stereocenters. The SMILES string of the molecule is COC(=O)C1CN(C(=O)NC(C)C)CCN1S(=O)(=O)c1ccccc1. The molecule has 0 bridgehead atoms. The zero-order chi connectivity index (χ0) is 18.6. The molecule has 25 heavy (non-hydrogen) atoms. The van der Waals surface area contributed by atoms with Gasteiger partial charge in [-0.2, -0.15) is 4.31 Å². The Bertz CT molecular complexity index is 721. The number of benzene rings is 1. The average Bonchev–Trinajstić information content (AvgIpc) is 2.60. The van der Waals surface area contributed by atoms with Gasteiger partial charge in [0, 0.05) is 25.7 Å². The number of urea groups is 1. The Morgan fingerprint density at radius 2 is 1.84 bits per heavy atom. The van der Waals surface area contributed by atoms with Gasteiger partial charge in [-0.15, -0.1) is 0 Å². The van der Waals surface area contributed by atoms with Crippen LogP contribution in [0.3, 0.4) is 0 Å². The first-order valence-corrected chi connectivity index (χ1v) is 9.41. The monoisotopic (exact) mass is 369 g/mol. The number of carbonyl (C=O) groups excluding carboxylic acids is 2. The Balaban J connectivity index is 2.27. The minimum Gasteiger partial charge on any atom is -0.468 e. The van der Waals surface area contributed by atoms with Gasteiger partial charge in [0.25, 0.3) is 0 Å².